The van der Waals surface area contributed by atoms with Crippen LogP contribution < -0.4 is 10.6 Å². The Morgan fingerprint density at radius 2 is 1.80 bits per heavy atom. The molecule has 1 aliphatic rings. The van der Waals surface area contributed by atoms with E-state index >= 15 is 0 Å². The van der Waals surface area contributed by atoms with Gasteiger partial charge in [-0.15, -0.1) is 0 Å². The van der Waals surface area contributed by atoms with Crippen molar-refractivity contribution in [2.24, 2.45) is 0 Å². The molecule has 4 nitrogen and oxygen atoms in total. The molecule has 0 aliphatic carbocycles. The summed E-state index contributed by atoms with van der Waals surface area (Å²) in [4.78, 5) is 11.6. The third kappa shape index (κ3) is 3.86. The first-order chi connectivity index (χ1) is 9.56. The highest BCUT2D eigenvalue weighted by Gasteiger charge is 2.16. The van der Waals surface area contributed by atoms with Crippen LogP contribution in [0.5, 0.6) is 0 Å². The Labute approximate surface area is 114 Å². The van der Waals surface area contributed by atoms with Crippen molar-refractivity contribution in [2.45, 2.75) is 18.9 Å². The van der Waals surface area contributed by atoms with E-state index in [0.717, 1.165) is 12.8 Å². The summed E-state index contributed by atoms with van der Waals surface area (Å²) in [5.74, 6) is -3.71. The predicted octanol–water partition coefficient (Wildman–Crippen LogP) is 1.81. The minimum absolute atomic E-state index is 0.0350. The van der Waals surface area contributed by atoms with Crippen LogP contribution in [0, 0.1) is 17.5 Å². The number of ether oxygens (including phenoxy) is 1. The number of carbonyl (C=O) groups is 1. The van der Waals surface area contributed by atoms with E-state index < -0.39 is 17.5 Å². The molecule has 0 radical (unpaired) electrons. The highest BCUT2D eigenvalue weighted by atomic mass is 19.2. The first-order valence-electron chi connectivity index (χ1n) is 6.32. The van der Waals surface area contributed by atoms with Crippen molar-refractivity contribution in [2.75, 3.05) is 25.1 Å². The van der Waals surface area contributed by atoms with E-state index in [0.29, 0.717) is 25.3 Å². The molecular formula is C13H15F3N2O2. The van der Waals surface area contributed by atoms with E-state index in [2.05, 4.69) is 10.6 Å². The first-order valence-corrected chi connectivity index (χ1v) is 6.32. The number of benzene rings is 1. The van der Waals surface area contributed by atoms with E-state index in [1.807, 2.05) is 0 Å². The molecule has 1 aromatic rings. The predicted molar refractivity (Wildman–Crippen MR) is 66.8 cm³/mol. The van der Waals surface area contributed by atoms with Gasteiger partial charge in [-0.1, -0.05) is 0 Å². The first kappa shape index (κ1) is 14.6. The molecule has 20 heavy (non-hydrogen) atoms. The highest BCUT2D eigenvalue weighted by molar-refractivity contribution is 5.81. The van der Waals surface area contributed by atoms with Crippen molar-refractivity contribution in [1.82, 2.24) is 5.32 Å². The molecule has 1 heterocycles. The molecule has 2 N–H and O–H groups in total. The zero-order valence-corrected chi connectivity index (χ0v) is 10.7. The number of nitrogens with one attached hydrogen (secondary N) is 2. The second kappa shape index (κ2) is 6.60. The zero-order valence-electron chi connectivity index (χ0n) is 10.7. The third-order valence-electron chi connectivity index (χ3n) is 3.04. The monoisotopic (exact) mass is 288 g/mol. The molecule has 7 heteroatoms. The second-order valence-corrected chi connectivity index (χ2v) is 4.55. The Bertz CT molecular complexity index is 491. The van der Waals surface area contributed by atoms with Gasteiger partial charge in [-0.3, -0.25) is 4.79 Å². The molecule has 1 aromatic carbocycles. The van der Waals surface area contributed by atoms with Crippen LogP contribution in [0.15, 0.2) is 12.1 Å². The molecule has 0 atom stereocenters. The fraction of sp³-hybridized carbons (Fsp3) is 0.462. The summed E-state index contributed by atoms with van der Waals surface area (Å²) >= 11 is 0. The SMILES string of the molecule is O=C(CNc1cc(F)c(F)cc1F)NC1CCOCC1. The summed E-state index contributed by atoms with van der Waals surface area (Å²) in [6, 6.07) is 1.16. The summed E-state index contributed by atoms with van der Waals surface area (Å²) in [6.07, 6.45) is 1.45. The number of halogens is 3. The van der Waals surface area contributed by atoms with E-state index in [9.17, 15) is 18.0 Å². The van der Waals surface area contributed by atoms with Crippen molar-refractivity contribution < 1.29 is 22.7 Å². The smallest absolute Gasteiger partial charge is 0.239 e. The van der Waals surface area contributed by atoms with Crippen LogP contribution in [0.25, 0.3) is 0 Å². The molecule has 0 spiro atoms. The lowest BCUT2D eigenvalue weighted by Crippen LogP contribution is -2.41. The minimum Gasteiger partial charge on any atom is -0.381 e. The molecule has 0 unspecified atom stereocenters. The molecule has 1 fully saturated rings. The van der Waals surface area contributed by atoms with Crippen LogP contribution in [0.2, 0.25) is 0 Å². The molecule has 0 saturated carbocycles. The maximum absolute atomic E-state index is 13.3. The number of amides is 1. The molecular weight excluding hydrogens is 273 g/mol. The van der Waals surface area contributed by atoms with Gasteiger partial charge in [0.15, 0.2) is 11.6 Å². The van der Waals surface area contributed by atoms with Gasteiger partial charge >= 0.3 is 0 Å². The molecule has 110 valence electrons. The van der Waals surface area contributed by atoms with Gasteiger partial charge in [0.1, 0.15) is 5.82 Å². The fourth-order valence-electron chi connectivity index (χ4n) is 1.95. The average Bonchev–Trinajstić information content (AvgIpc) is 2.42. The topological polar surface area (TPSA) is 50.4 Å². The zero-order chi connectivity index (χ0) is 14.5. The standard InChI is InChI=1S/C13H15F3N2O2/c14-9-5-11(16)12(6-10(9)15)17-7-13(19)18-8-1-3-20-4-2-8/h5-6,8,17H,1-4,7H2,(H,18,19). The van der Waals surface area contributed by atoms with Crippen molar-refractivity contribution in [3.8, 4) is 0 Å². The molecule has 1 saturated heterocycles. The summed E-state index contributed by atoms with van der Waals surface area (Å²) < 4.78 is 44.2. The lowest BCUT2D eigenvalue weighted by Gasteiger charge is -2.23. The molecule has 1 aliphatic heterocycles. The van der Waals surface area contributed by atoms with Gasteiger partial charge in [0.25, 0.3) is 0 Å². The Morgan fingerprint density at radius 1 is 1.15 bits per heavy atom. The second-order valence-electron chi connectivity index (χ2n) is 4.55. The molecule has 2 rings (SSSR count). The Kier molecular flexibility index (Phi) is 4.84. The quantitative estimate of drug-likeness (QED) is 0.831. The van der Waals surface area contributed by atoms with E-state index in [4.69, 9.17) is 4.74 Å². The summed E-state index contributed by atoms with van der Waals surface area (Å²) in [5.41, 5.74) is -0.244. The molecule has 0 aromatic heterocycles. The van der Waals surface area contributed by atoms with Gasteiger partial charge in [0, 0.05) is 31.4 Å². The van der Waals surface area contributed by atoms with Crippen LogP contribution in [0.1, 0.15) is 12.8 Å². The number of anilines is 1. The van der Waals surface area contributed by atoms with E-state index in [-0.39, 0.29) is 24.2 Å². The van der Waals surface area contributed by atoms with Crippen molar-refractivity contribution in [1.29, 1.82) is 0 Å². The van der Waals surface area contributed by atoms with Crippen LogP contribution in [-0.4, -0.2) is 31.7 Å². The normalized spacial score (nSPS) is 15.9. The van der Waals surface area contributed by atoms with Crippen molar-refractivity contribution in [3.63, 3.8) is 0 Å². The number of carbonyl (C=O) groups excluding carboxylic acids is 1. The van der Waals surface area contributed by atoms with Gasteiger partial charge in [0.05, 0.1) is 12.2 Å². The number of hydrogen-bond donors (Lipinski definition) is 2. The number of rotatable bonds is 4. The maximum atomic E-state index is 13.3. The van der Waals surface area contributed by atoms with Gasteiger partial charge in [-0.2, -0.15) is 0 Å². The van der Waals surface area contributed by atoms with Gasteiger partial charge < -0.3 is 15.4 Å². The minimum atomic E-state index is -1.26. The number of hydrogen-bond acceptors (Lipinski definition) is 3. The van der Waals surface area contributed by atoms with Crippen molar-refractivity contribution >= 4 is 11.6 Å². The summed E-state index contributed by atoms with van der Waals surface area (Å²) in [7, 11) is 0. The van der Waals surface area contributed by atoms with Crippen LogP contribution in [0.4, 0.5) is 18.9 Å². The molecule has 0 bridgehead atoms. The third-order valence-corrected chi connectivity index (χ3v) is 3.04. The lowest BCUT2D eigenvalue weighted by atomic mass is 10.1. The maximum Gasteiger partial charge on any atom is 0.239 e. The Morgan fingerprint density at radius 3 is 2.50 bits per heavy atom. The summed E-state index contributed by atoms with van der Waals surface area (Å²) in [5, 5.41) is 5.21. The Balaban J connectivity index is 1.85. The largest absolute Gasteiger partial charge is 0.381 e. The lowest BCUT2D eigenvalue weighted by molar-refractivity contribution is -0.120. The molecule has 1 amide bonds. The van der Waals surface area contributed by atoms with Crippen molar-refractivity contribution in [3.05, 3.63) is 29.6 Å². The van der Waals surface area contributed by atoms with Gasteiger partial charge in [-0.25, -0.2) is 13.2 Å². The van der Waals surface area contributed by atoms with Gasteiger partial charge in [-0.05, 0) is 12.8 Å². The van der Waals surface area contributed by atoms with Crippen LogP contribution >= 0.6 is 0 Å². The average molecular weight is 288 g/mol. The van der Waals surface area contributed by atoms with Crippen LogP contribution in [-0.2, 0) is 9.53 Å². The Hall–Kier alpha value is -1.76. The highest BCUT2D eigenvalue weighted by Crippen LogP contribution is 2.18. The summed E-state index contributed by atoms with van der Waals surface area (Å²) in [6.45, 7) is 0.978. The fourth-order valence-corrected chi connectivity index (χ4v) is 1.95. The van der Waals surface area contributed by atoms with Gasteiger partial charge in [0.2, 0.25) is 5.91 Å². The van der Waals surface area contributed by atoms with E-state index in [1.165, 1.54) is 0 Å². The van der Waals surface area contributed by atoms with Crippen LogP contribution in [0.3, 0.4) is 0 Å². The van der Waals surface area contributed by atoms with E-state index in [1.54, 1.807) is 0 Å².